The van der Waals surface area contributed by atoms with Crippen LogP contribution in [0.1, 0.15) is 11.1 Å². The van der Waals surface area contributed by atoms with Crippen molar-refractivity contribution < 1.29 is 9.32 Å². The van der Waals surface area contributed by atoms with Gasteiger partial charge in [-0.3, -0.25) is 9.11 Å². The minimum Gasteiger partial charge on any atom is -0.392 e. The van der Waals surface area contributed by atoms with Gasteiger partial charge in [0.2, 0.25) is 0 Å². The normalized spacial score (nSPS) is 18.8. The fourth-order valence-corrected chi connectivity index (χ4v) is 2.97. The van der Waals surface area contributed by atoms with Crippen molar-refractivity contribution in [2.75, 3.05) is 24.6 Å². The first-order valence-electron chi connectivity index (χ1n) is 5.54. The van der Waals surface area contributed by atoms with E-state index in [4.69, 9.17) is 5.11 Å². The Hall–Kier alpha value is -0.710. The predicted molar refractivity (Wildman–Crippen MR) is 65.5 cm³/mol. The number of benzene rings is 1. The van der Waals surface area contributed by atoms with Crippen LogP contribution >= 0.6 is 0 Å². The highest BCUT2D eigenvalue weighted by Crippen LogP contribution is 2.09. The topological polar surface area (TPSA) is 40.5 Å². The standard InChI is InChI=1S/C12H17NO2S/c14-10-12-3-1-11(2-4-12)9-13-5-7-16(15)8-6-13/h1-4,14H,5-10H2. The van der Waals surface area contributed by atoms with Crippen molar-refractivity contribution in [2.24, 2.45) is 0 Å². The van der Waals surface area contributed by atoms with E-state index in [1.165, 1.54) is 5.56 Å². The molecule has 0 bridgehead atoms. The molecule has 1 N–H and O–H groups in total. The molecule has 16 heavy (non-hydrogen) atoms. The van der Waals surface area contributed by atoms with Gasteiger partial charge < -0.3 is 5.11 Å². The first kappa shape index (κ1) is 11.8. The minimum absolute atomic E-state index is 0.100. The quantitative estimate of drug-likeness (QED) is 0.846. The van der Waals surface area contributed by atoms with E-state index in [2.05, 4.69) is 17.0 Å². The molecule has 0 radical (unpaired) electrons. The molecule has 0 aromatic heterocycles. The van der Waals surface area contributed by atoms with Crippen LogP contribution in [0.3, 0.4) is 0 Å². The molecule has 2 rings (SSSR count). The van der Waals surface area contributed by atoms with Crippen LogP contribution < -0.4 is 0 Å². The van der Waals surface area contributed by atoms with E-state index >= 15 is 0 Å². The maximum atomic E-state index is 11.2. The van der Waals surface area contributed by atoms with Crippen LogP contribution in [0.5, 0.6) is 0 Å². The van der Waals surface area contributed by atoms with Crippen LogP contribution in [-0.4, -0.2) is 38.8 Å². The molecule has 0 unspecified atom stereocenters. The number of rotatable bonds is 3. The zero-order valence-electron chi connectivity index (χ0n) is 9.26. The van der Waals surface area contributed by atoms with Gasteiger partial charge in [-0.25, -0.2) is 0 Å². The smallest absolute Gasteiger partial charge is 0.0681 e. The highest BCUT2D eigenvalue weighted by Gasteiger charge is 2.14. The average molecular weight is 239 g/mol. The van der Waals surface area contributed by atoms with Gasteiger partial charge >= 0.3 is 0 Å². The Morgan fingerprint density at radius 1 is 1.12 bits per heavy atom. The molecule has 0 saturated carbocycles. The second-order valence-corrected chi connectivity index (χ2v) is 5.79. The number of nitrogens with zero attached hydrogens (tertiary/aromatic N) is 1. The monoisotopic (exact) mass is 239 g/mol. The molecule has 1 aromatic carbocycles. The van der Waals surface area contributed by atoms with Gasteiger partial charge in [-0.15, -0.1) is 0 Å². The number of aliphatic hydroxyl groups is 1. The lowest BCUT2D eigenvalue weighted by Crippen LogP contribution is -2.37. The highest BCUT2D eigenvalue weighted by molar-refractivity contribution is 7.85. The summed E-state index contributed by atoms with van der Waals surface area (Å²) in [4.78, 5) is 2.33. The third kappa shape index (κ3) is 3.14. The zero-order chi connectivity index (χ0) is 11.4. The third-order valence-electron chi connectivity index (χ3n) is 2.88. The average Bonchev–Trinajstić information content (AvgIpc) is 2.33. The van der Waals surface area contributed by atoms with Crippen molar-refractivity contribution in [3.8, 4) is 0 Å². The Balaban J connectivity index is 1.90. The van der Waals surface area contributed by atoms with E-state index in [0.717, 1.165) is 36.7 Å². The molecule has 1 aliphatic rings. The summed E-state index contributed by atoms with van der Waals surface area (Å²) in [6, 6.07) is 8.02. The van der Waals surface area contributed by atoms with E-state index in [-0.39, 0.29) is 6.61 Å². The Labute approximate surface area is 98.5 Å². The molecule has 1 aliphatic heterocycles. The first-order valence-corrected chi connectivity index (χ1v) is 7.03. The van der Waals surface area contributed by atoms with Crippen LogP contribution in [0, 0.1) is 0 Å². The lowest BCUT2D eigenvalue weighted by atomic mass is 10.1. The summed E-state index contributed by atoms with van der Waals surface area (Å²) in [6.07, 6.45) is 0. The van der Waals surface area contributed by atoms with Crippen LogP contribution in [0.2, 0.25) is 0 Å². The Bertz CT molecular complexity index is 354. The van der Waals surface area contributed by atoms with Crippen LogP contribution in [-0.2, 0) is 24.0 Å². The molecule has 1 aromatic rings. The largest absolute Gasteiger partial charge is 0.392 e. The molecular weight excluding hydrogens is 222 g/mol. The first-order chi connectivity index (χ1) is 7.78. The highest BCUT2D eigenvalue weighted by atomic mass is 32.2. The number of hydrogen-bond acceptors (Lipinski definition) is 3. The molecule has 1 fully saturated rings. The Morgan fingerprint density at radius 2 is 1.69 bits per heavy atom. The second kappa shape index (κ2) is 5.57. The number of aliphatic hydroxyl groups excluding tert-OH is 1. The van der Waals surface area contributed by atoms with E-state index in [1.54, 1.807) is 0 Å². The summed E-state index contributed by atoms with van der Waals surface area (Å²) in [7, 11) is -0.599. The molecule has 0 spiro atoms. The molecular formula is C12H17NO2S. The summed E-state index contributed by atoms with van der Waals surface area (Å²) in [6.45, 7) is 2.87. The molecule has 0 aliphatic carbocycles. The molecule has 0 amide bonds. The van der Waals surface area contributed by atoms with Crippen LogP contribution in [0.4, 0.5) is 0 Å². The maximum absolute atomic E-state index is 11.2. The summed E-state index contributed by atoms with van der Waals surface area (Å²) < 4.78 is 11.2. The Morgan fingerprint density at radius 3 is 2.25 bits per heavy atom. The minimum atomic E-state index is -0.599. The van der Waals surface area contributed by atoms with E-state index in [1.807, 2.05) is 12.1 Å². The van der Waals surface area contributed by atoms with Crippen LogP contribution in [0.25, 0.3) is 0 Å². The van der Waals surface area contributed by atoms with E-state index in [0.29, 0.717) is 0 Å². The fourth-order valence-electron chi connectivity index (χ4n) is 1.84. The van der Waals surface area contributed by atoms with Crippen molar-refractivity contribution in [3.05, 3.63) is 35.4 Å². The van der Waals surface area contributed by atoms with Crippen molar-refractivity contribution in [1.29, 1.82) is 0 Å². The molecule has 1 saturated heterocycles. The molecule has 3 nitrogen and oxygen atoms in total. The zero-order valence-corrected chi connectivity index (χ0v) is 10.1. The van der Waals surface area contributed by atoms with Gasteiger partial charge in [-0.05, 0) is 11.1 Å². The van der Waals surface area contributed by atoms with Crippen molar-refractivity contribution in [1.82, 2.24) is 4.90 Å². The van der Waals surface area contributed by atoms with Gasteiger partial charge in [0, 0.05) is 41.9 Å². The summed E-state index contributed by atoms with van der Waals surface area (Å²) >= 11 is 0. The molecule has 1 heterocycles. The molecule has 0 atom stereocenters. The fraction of sp³-hybridized carbons (Fsp3) is 0.500. The van der Waals surface area contributed by atoms with E-state index < -0.39 is 10.8 Å². The Kier molecular flexibility index (Phi) is 4.09. The van der Waals surface area contributed by atoms with Crippen LogP contribution in [0.15, 0.2) is 24.3 Å². The van der Waals surface area contributed by atoms with Gasteiger partial charge in [0.15, 0.2) is 0 Å². The van der Waals surface area contributed by atoms with Gasteiger partial charge in [0.25, 0.3) is 0 Å². The lowest BCUT2D eigenvalue weighted by molar-refractivity contribution is 0.281. The lowest BCUT2D eigenvalue weighted by Gasteiger charge is -2.26. The van der Waals surface area contributed by atoms with Gasteiger partial charge in [-0.2, -0.15) is 0 Å². The third-order valence-corrected chi connectivity index (χ3v) is 4.16. The van der Waals surface area contributed by atoms with Gasteiger partial charge in [0.1, 0.15) is 0 Å². The summed E-state index contributed by atoms with van der Waals surface area (Å²) in [5.74, 6) is 1.60. The molecule has 4 heteroatoms. The number of hydrogen-bond donors (Lipinski definition) is 1. The summed E-state index contributed by atoms with van der Waals surface area (Å²) in [5.41, 5.74) is 2.20. The van der Waals surface area contributed by atoms with Crippen molar-refractivity contribution >= 4 is 10.8 Å². The second-order valence-electron chi connectivity index (χ2n) is 4.10. The SMILES string of the molecule is O=S1CCN(Cc2ccc(CO)cc2)CC1. The van der Waals surface area contributed by atoms with Crippen molar-refractivity contribution in [2.45, 2.75) is 13.2 Å². The summed E-state index contributed by atoms with van der Waals surface area (Å²) in [5, 5.41) is 8.93. The van der Waals surface area contributed by atoms with Gasteiger partial charge in [-0.1, -0.05) is 24.3 Å². The predicted octanol–water partition coefficient (Wildman–Crippen LogP) is 0.743. The van der Waals surface area contributed by atoms with Gasteiger partial charge in [0.05, 0.1) is 6.61 Å². The molecule has 88 valence electrons. The van der Waals surface area contributed by atoms with E-state index in [9.17, 15) is 4.21 Å². The van der Waals surface area contributed by atoms with Crippen molar-refractivity contribution in [3.63, 3.8) is 0 Å². The maximum Gasteiger partial charge on any atom is 0.0681 e.